The van der Waals surface area contributed by atoms with Gasteiger partial charge in [-0.25, -0.2) is 14.8 Å². The summed E-state index contributed by atoms with van der Waals surface area (Å²) in [6.07, 6.45) is 1.17. The highest BCUT2D eigenvalue weighted by atomic mass is 35.5. The van der Waals surface area contributed by atoms with Crippen LogP contribution < -0.4 is 16.2 Å². The normalized spacial score (nSPS) is 11.3. The topological polar surface area (TPSA) is 107 Å². The Hall–Kier alpha value is -2.68. The quantitative estimate of drug-likeness (QED) is 0.764. The van der Waals surface area contributed by atoms with Gasteiger partial charge in [0.1, 0.15) is 5.52 Å². The fourth-order valence-corrected chi connectivity index (χ4v) is 2.10. The highest BCUT2D eigenvalue weighted by Gasteiger charge is 2.16. The number of nitrogens with zero attached hydrogens (tertiary/aromatic N) is 2. The molecule has 0 aliphatic carbocycles. The van der Waals surface area contributed by atoms with Crippen LogP contribution in [0.2, 0.25) is 5.02 Å². The van der Waals surface area contributed by atoms with Gasteiger partial charge in [-0.1, -0.05) is 11.6 Å². The van der Waals surface area contributed by atoms with Crippen molar-refractivity contribution in [3.8, 4) is 17.1 Å². The molecule has 3 N–H and O–H groups in total. The third kappa shape index (κ3) is 2.46. The van der Waals surface area contributed by atoms with Gasteiger partial charge in [0.15, 0.2) is 11.4 Å². The first kappa shape index (κ1) is 14.3. The highest BCUT2D eigenvalue weighted by Crippen LogP contribution is 2.31. The molecule has 10 heteroatoms. The molecule has 22 heavy (non-hydrogen) atoms. The molecule has 114 valence electrons. The number of aromatic nitrogens is 3. The minimum atomic E-state index is -3.06. The summed E-state index contributed by atoms with van der Waals surface area (Å²) < 4.78 is 33.5. The van der Waals surface area contributed by atoms with E-state index >= 15 is 0 Å². The van der Waals surface area contributed by atoms with Crippen LogP contribution in [0.25, 0.3) is 22.4 Å². The number of anilines is 1. The number of H-pyrrole nitrogens is 1. The lowest BCUT2D eigenvalue weighted by atomic mass is 10.1. The molecule has 2 heterocycles. The lowest BCUT2D eigenvalue weighted by Crippen LogP contribution is -2.07. The van der Waals surface area contributed by atoms with Crippen molar-refractivity contribution in [2.75, 3.05) is 5.73 Å². The lowest BCUT2D eigenvalue weighted by molar-refractivity contribution is -0.0524. The van der Waals surface area contributed by atoms with Gasteiger partial charge < -0.3 is 14.9 Å². The maximum absolute atomic E-state index is 12.2. The molecule has 0 saturated carbocycles. The fraction of sp³-hybridized carbons (Fsp3) is 0.0833. The smallest absolute Gasteiger partial charge is 0.413 e. The predicted octanol–water partition coefficient (Wildman–Crippen LogP) is 2.42. The van der Waals surface area contributed by atoms with Gasteiger partial charge in [-0.2, -0.15) is 8.78 Å². The SMILES string of the molecule is Nc1nc(-c2ccc(Cl)c3[nH]c(=O)oc23)cnc1OC(F)F. The molecule has 0 fully saturated rings. The Labute approximate surface area is 125 Å². The molecule has 3 rings (SSSR count). The van der Waals surface area contributed by atoms with E-state index in [0.717, 1.165) is 0 Å². The summed E-state index contributed by atoms with van der Waals surface area (Å²) in [5.74, 6) is -1.50. The number of hydrogen-bond donors (Lipinski definition) is 2. The van der Waals surface area contributed by atoms with Gasteiger partial charge in [-0.15, -0.1) is 0 Å². The first-order valence-corrected chi connectivity index (χ1v) is 6.22. The summed E-state index contributed by atoms with van der Waals surface area (Å²) in [5, 5.41) is 0.281. The standard InChI is InChI=1S/C12H7ClF2N4O3/c13-5-2-1-4(8-7(5)19-12(20)21-8)6-3-17-10(9(16)18-6)22-11(14)15/h1-3,11H,(H2,16,18)(H,19,20). The van der Waals surface area contributed by atoms with Crippen LogP contribution in [-0.2, 0) is 0 Å². The zero-order chi connectivity index (χ0) is 15.9. The number of fused-ring (bicyclic) bond motifs is 1. The number of halogens is 3. The van der Waals surface area contributed by atoms with Crippen LogP contribution in [0, 0.1) is 0 Å². The molecular formula is C12H7ClF2N4O3. The van der Waals surface area contributed by atoms with Gasteiger partial charge in [0.2, 0.25) is 0 Å². The van der Waals surface area contributed by atoms with Crippen LogP contribution in [-0.4, -0.2) is 21.6 Å². The Morgan fingerprint density at radius 2 is 2.18 bits per heavy atom. The van der Waals surface area contributed by atoms with Gasteiger partial charge in [0.25, 0.3) is 5.88 Å². The number of nitrogen functional groups attached to an aromatic ring is 1. The summed E-state index contributed by atoms with van der Waals surface area (Å²) in [5.41, 5.74) is 6.57. The first-order valence-electron chi connectivity index (χ1n) is 5.84. The van der Waals surface area contributed by atoms with E-state index in [1.54, 1.807) is 6.07 Å². The molecular weight excluding hydrogens is 322 g/mol. The Morgan fingerprint density at radius 3 is 2.86 bits per heavy atom. The van der Waals surface area contributed by atoms with Crippen LogP contribution in [0.15, 0.2) is 27.5 Å². The molecule has 0 amide bonds. The monoisotopic (exact) mass is 328 g/mol. The number of hydrogen-bond acceptors (Lipinski definition) is 6. The molecule has 7 nitrogen and oxygen atoms in total. The fourth-order valence-electron chi connectivity index (χ4n) is 1.90. The molecule has 2 aromatic heterocycles. The Kier molecular flexibility index (Phi) is 3.41. The first-order chi connectivity index (χ1) is 10.5. The number of alkyl halides is 2. The molecule has 0 saturated heterocycles. The molecule has 0 unspecified atom stereocenters. The van der Waals surface area contributed by atoms with Crippen LogP contribution in [0.1, 0.15) is 0 Å². The summed E-state index contributed by atoms with van der Waals surface area (Å²) >= 11 is 5.95. The zero-order valence-corrected chi connectivity index (χ0v) is 11.4. The van der Waals surface area contributed by atoms with Crippen molar-refractivity contribution in [1.29, 1.82) is 0 Å². The van der Waals surface area contributed by atoms with E-state index < -0.39 is 18.2 Å². The summed E-state index contributed by atoms with van der Waals surface area (Å²) in [7, 11) is 0. The largest absolute Gasteiger partial charge is 0.417 e. The summed E-state index contributed by atoms with van der Waals surface area (Å²) in [4.78, 5) is 21.4. The lowest BCUT2D eigenvalue weighted by Gasteiger charge is -2.07. The van der Waals surface area contributed by atoms with E-state index in [4.69, 9.17) is 21.8 Å². The summed E-state index contributed by atoms with van der Waals surface area (Å²) in [6.45, 7) is -3.06. The molecule has 0 radical (unpaired) electrons. The predicted molar refractivity (Wildman–Crippen MR) is 73.9 cm³/mol. The second kappa shape index (κ2) is 5.26. The van der Waals surface area contributed by atoms with E-state index in [9.17, 15) is 13.6 Å². The second-order valence-corrected chi connectivity index (χ2v) is 4.54. The van der Waals surface area contributed by atoms with E-state index in [-0.39, 0.29) is 27.6 Å². The highest BCUT2D eigenvalue weighted by molar-refractivity contribution is 6.35. The zero-order valence-electron chi connectivity index (χ0n) is 10.6. The van der Waals surface area contributed by atoms with Crippen molar-refractivity contribution in [3.63, 3.8) is 0 Å². The molecule has 0 spiro atoms. The van der Waals surface area contributed by atoms with Crippen molar-refractivity contribution in [1.82, 2.24) is 15.0 Å². The second-order valence-electron chi connectivity index (χ2n) is 4.14. The van der Waals surface area contributed by atoms with Gasteiger partial charge in [0, 0.05) is 5.56 Å². The average Bonchev–Trinajstić information content (AvgIpc) is 2.84. The van der Waals surface area contributed by atoms with Crippen molar-refractivity contribution < 1.29 is 17.9 Å². The number of nitrogens with two attached hydrogens (primary N) is 1. The van der Waals surface area contributed by atoms with Crippen LogP contribution in [0.4, 0.5) is 14.6 Å². The minimum Gasteiger partial charge on any atom is -0.413 e. The van der Waals surface area contributed by atoms with E-state index in [0.29, 0.717) is 5.56 Å². The molecule has 0 aliphatic rings. The number of oxazole rings is 1. The minimum absolute atomic E-state index is 0.161. The molecule has 1 aromatic carbocycles. The third-order valence-corrected chi connectivity index (χ3v) is 3.08. The number of rotatable bonds is 3. The van der Waals surface area contributed by atoms with Crippen LogP contribution in [0.3, 0.4) is 0 Å². The van der Waals surface area contributed by atoms with Crippen molar-refractivity contribution >= 4 is 28.5 Å². The van der Waals surface area contributed by atoms with Gasteiger partial charge in [0.05, 0.1) is 16.9 Å². The van der Waals surface area contributed by atoms with Crippen LogP contribution >= 0.6 is 11.6 Å². The molecule has 3 aromatic rings. The molecule has 0 atom stereocenters. The third-order valence-electron chi connectivity index (χ3n) is 2.77. The van der Waals surface area contributed by atoms with Crippen molar-refractivity contribution in [2.24, 2.45) is 0 Å². The van der Waals surface area contributed by atoms with E-state index in [1.807, 2.05) is 0 Å². The number of ether oxygens (including phenoxy) is 1. The van der Waals surface area contributed by atoms with Crippen LogP contribution in [0.5, 0.6) is 5.88 Å². The maximum Gasteiger partial charge on any atom is 0.417 e. The van der Waals surface area contributed by atoms with Gasteiger partial charge >= 0.3 is 12.4 Å². The maximum atomic E-state index is 12.2. The average molecular weight is 329 g/mol. The van der Waals surface area contributed by atoms with Gasteiger partial charge in [-0.05, 0) is 12.1 Å². The number of aromatic amines is 1. The van der Waals surface area contributed by atoms with Gasteiger partial charge in [-0.3, -0.25) is 4.98 Å². The molecule has 0 aliphatic heterocycles. The van der Waals surface area contributed by atoms with Crippen molar-refractivity contribution in [2.45, 2.75) is 6.61 Å². The number of nitrogens with one attached hydrogen (secondary N) is 1. The number of benzene rings is 1. The summed E-state index contributed by atoms with van der Waals surface area (Å²) in [6, 6.07) is 3.06. The molecule has 0 bridgehead atoms. The van der Waals surface area contributed by atoms with E-state index in [1.165, 1.54) is 12.3 Å². The Bertz CT molecular complexity index is 909. The Balaban J connectivity index is 2.14. The van der Waals surface area contributed by atoms with E-state index in [2.05, 4.69) is 19.7 Å². The van der Waals surface area contributed by atoms with Crippen molar-refractivity contribution in [3.05, 3.63) is 33.9 Å². The Morgan fingerprint density at radius 1 is 1.41 bits per heavy atom.